The second kappa shape index (κ2) is 4.41. The number of hydrogen-bond donors (Lipinski definition) is 2. The minimum atomic E-state index is 0.758. The molecule has 0 amide bonds. The highest BCUT2D eigenvalue weighted by molar-refractivity contribution is 6.32. The SMILES string of the molecule is Cc1c(Cl)ccc2c(NN)c3c(nc12)CCCC3. The van der Waals surface area contributed by atoms with E-state index in [2.05, 4.69) is 5.43 Å². The van der Waals surface area contributed by atoms with Gasteiger partial charge in [0.2, 0.25) is 0 Å². The first-order valence-electron chi connectivity index (χ1n) is 6.29. The van der Waals surface area contributed by atoms with E-state index in [1.54, 1.807) is 0 Å². The van der Waals surface area contributed by atoms with Crippen LogP contribution in [0.3, 0.4) is 0 Å². The highest BCUT2D eigenvalue weighted by Gasteiger charge is 2.18. The molecule has 0 saturated heterocycles. The monoisotopic (exact) mass is 261 g/mol. The van der Waals surface area contributed by atoms with Gasteiger partial charge in [0.05, 0.1) is 11.2 Å². The molecule has 0 spiro atoms. The summed E-state index contributed by atoms with van der Waals surface area (Å²) < 4.78 is 0. The van der Waals surface area contributed by atoms with Crippen LogP contribution in [0.1, 0.15) is 29.7 Å². The van der Waals surface area contributed by atoms with E-state index in [1.807, 2.05) is 19.1 Å². The fraction of sp³-hybridized carbons (Fsp3) is 0.357. The van der Waals surface area contributed by atoms with Crippen LogP contribution in [0.4, 0.5) is 5.69 Å². The molecule has 3 N–H and O–H groups in total. The summed E-state index contributed by atoms with van der Waals surface area (Å²) in [6.45, 7) is 2.01. The van der Waals surface area contributed by atoms with Gasteiger partial charge in [0.15, 0.2) is 0 Å². The number of rotatable bonds is 1. The molecule has 94 valence electrons. The lowest BCUT2D eigenvalue weighted by Crippen LogP contribution is -2.15. The molecule has 1 heterocycles. The summed E-state index contributed by atoms with van der Waals surface area (Å²) in [6.07, 6.45) is 4.50. The van der Waals surface area contributed by atoms with Crippen molar-refractivity contribution in [3.63, 3.8) is 0 Å². The van der Waals surface area contributed by atoms with Gasteiger partial charge in [0, 0.05) is 16.1 Å². The number of hydrazine groups is 1. The molecule has 0 fully saturated rings. The molecule has 0 radical (unpaired) electrons. The smallest absolute Gasteiger partial charge is 0.0770 e. The molecule has 0 bridgehead atoms. The first-order chi connectivity index (χ1) is 8.72. The topological polar surface area (TPSA) is 50.9 Å². The standard InChI is InChI=1S/C14H16ClN3/c1-8-11(15)7-6-10-13(8)17-12-5-3-2-4-9(12)14(10)18-16/h6-7H,2-5,16H2,1H3,(H,17,18). The van der Waals surface area contributed by atoms with Gasteiger partial charge in [-0.1, -0.05) is 11.6 Å². The van der Waals surface area contributed by atoms with Crippen LogP contribution in [0.2, 0.25) is 5.02 Å². The highest BCUT2D eigenvalue weighted by Crippen LogP contribution is 2.35. The number of benzene rings is 1. The molecule has 18 heavy (non-hydrogen) atoms. The molecule has 0 atom stereocenters. The summed E-state index contributed by atoms with van der Waals surface area (Å²) in [5.41, 5.74) is 8.33. The Hall–Kier alpha value is -1.32. The number of halogens is 1. The van der Waals surface area contributed by atoms with E-state index >= 15 is 0 Å². The van der Waals surface area contributed by atoms with Crippen molar-refractivity contribution in [2.24, 2.45) is 5.84 Å². The molecule has 4 heteroatoms. The first-order valence-corrected chi connectivity index (χ1v) is 6.67. The van der Waals surface area contributed by atoms with E-state index in [-0.39, 0.29) is 0 Å². The van der Waals surface area contributed by atoms with Crippen LogP contribution in [-0.2, 0) is 12.8 Å². The molecule has 0 aliphatic heterocycles. The molecule has 0 saturated carbocycles. The predicted octanol–water partition coefficient (Wildman–Crippen LogP) is 3.36. The van der Waals surface area contributed by atoms with Crippen molar-refractivity contribution in [2.45, 2.75) is 32.6 Å². The number of nitrogens with one attached hydrogen (secondary N) is 1. The Morgan fingerprint density at radius 3 is 2.83 bits per heavy atom. The van der Waals surface area contributed by atoms with Crippen LogP contribution in [-0.4, -0.2) is 4.98 Å². The van der Waals surface area contributed by atoms with Gasteiger partial charge in [-0.15, -0.1) is 0 Å². The predicted molar refractivity (Wildman–Crippen MR) is 75.9 cm³/mol. The molecular formula is C14H16ClN3. The Morgan fingerprint density at radius 2 is 2.06 bits per heavy atom. The van der Waals surface area contributed by atoms with Gasteiger partial charge in [0.25, 0.3) is 0 Å². The fourth-order valence-corrected chi connectivity index (χ4v) is 2.92. The van der Waals surface area contributed by atoms with Gasteiger partial charge in [-0.25, -0.2) is 0 Å². The molecule has 0 unspecified atom stereocenters. The van der Waals surface area contributed by atoms with Gasteiger partial charge in [-0.3, -0.25) is 10.8 Å². The van der Waals surface area contributed by atoms with Gasteiger partial charge >= 0.3 is 0 Å². The summed E-state index contributed by atoms with van der Waals surface area (Å²) in [5, 5.41) is 1.83. The van der Waals surface area contributed by atoms with Crippen LogP contribution in [0, 0.1) is 6.92 Å². The van der Waals surface area contributed by atoms with Crippen LogP contribution >= 0.6 is 11.6 Å². The van der Waals surface area contributed by atoms with Crippen LogP contribution in [0.5, 0.6) is 0 Å². The lowest BCUT2D eigenvalue weighted by Gasteiger charge is -2.21. The van der Waals surface area contributed by atoms with Crippen molar-refractivity contribution >= 4 is 28.2 Å². The average Bonchev–Trinajstić information content (AvgIpc) is 2.41. The van der Waals surface area contributed by atoms with Gasteiger partial charge in [-0.2, -0.15) is 0 Å². The zero-order chi connectivity index (χ0) is 12.7. The van der Waals surface area contributed by atoms with Crippen molar-refractivity contribution < 1.29 is 0 Å². The van der Waals surface area contributed by atoms with Crippen LogP contribution in [0.25, 0.3) is 10.9 Å². The second-order valence-corrected chi connectivity index (χ2v) is 5.24. The van der Waals surface area contributed by atoms with Crippen molar-refractivity contribution in [1.82, 2.24) is 4.98 Å². The molecule has 3 rings (SSSR count). The molecule has 1 aliphatic carbocycles. The van der Waals surface area contributed by atoms with Gasteiger partial charge in [0.1, 0.15) is 0 Å². The number of nitrogen functional groups attached to an aromatic ring is 1. The van der Waals surface area contributed by atoms with Crippen molar-refractivity contribution in [2.75, 3.05) is 5.43 Å². The van der Waals surface area contributed by atoms with Crippen LogP contribution < -0.4 is 11.3 Å². The third kappa shape index (κ3) is 1.66. The summed E-state index contributed by atoms with van der Waals surface area (Å²) in [7, 11) is 0. The van der Waals surface area contributed by atoms with E-state index < -0.39 is 0 Å². The van der Waals surface area contributed by atoms with E-state index in [0.717, 1.165) is 40.0 Å². The molecular weight excluding hydrogens is 246 g/mol. The Bertz CT molecular complexity index is 622. The number of aromatic nitrogens is 1. The molecule has 1 aliphatic rings. The number of hydrogen-bond acceptors (Lipinski definition) is 3. The number of nitrogens with zero attached hydrogens (tertiary/aromatic N) is 1. The van der Waals surface area contributed by atoms with E-state index in [1.165, 1.54) is 24.1 Å². The maximum absolute atomic E-state index is 6.17. The zero-order valence-electron chi connectivity index (χ0n) is 10.4. The molecule has 1 aromatic heterocycles. The summed E-state index contributed by atoms with van der Waals surface area (Å²) in [6, 6.07) is 3.92. The quantitative estimate of drug-likeness (QED) is 0.611. The Labute approximate surface area is 111 Å². The molecule has 2 aromatic rings. The third-order valence-electron chi connectivity index (χ3n) is 3.77. The number of pyridine rings is 1. The fourth-order valence-electron chi connectivity index (χ4n) is 2.77. The van der Waals surface area contributed by atoms with E-state index in [9.17, 15) is 0 Å². The lowest BCUT2D eigenvalue weighted by atomic mass is 9.92. The zero-order valence-corrected chi connectivity index (χ0v) is 11.1. The van der Waals surface area contributed by atoms with Gasteiger partial charge in [-0.05, 0) is 55.9 Å². The maximum Gasteiger partial charge on any atom is 0.0770 e. The molecule has 1 aromatic carbocycles. The minimum absolute atomic E-state index is 0.758. The second-order valence-electron chi connectivity index (χ2n) is 4.83. The van der Waals surface area contributed by atoms with Crippen molar-refractivity contribution in [3.8, 4) is 0 Å². The van der Waals surface area contributed by atoms with Crippen LogP contribution in [0.15, 0.2) is 12.1 Å². The number of fused-ring (bicyclic) bond motifs is 2. The Kier molecular flexibility index (Phi) is 2.88. The average molecular weight is 262 g/mol. The lowest BCUT2D eigenvalue weighted by molar-refractivity contribution is 0.672. The Morgan fingerprint density at radius 1 is 1.28 bits per heavy atom. The van der Waals surface area contributed by atoms with Crippen molar-refractivity contribution in [1.29, 1.82) is 0 Å². The normalized spacial score (nSPS) is 14.6. The maximum atomic E-state index is 6.17. The number of anilines is 1. The third-order valence-corrected chi connectivity index (χ3v) is 4.18. The molecule has 3 nitrogen and oxygen atoms in total. The number of nitrogens with two attached hydrogens (primary N) is 1. The number of aryl methyl sites for hydroxylation is 2. The Balaban J connectivity index is 2.40. The highest BCUT2D eigenvalue weighted by atomic mass is 35.5. The summed E-state index contributed by atoms with van der Waals surface area (Å²) in [4.78, 5) is 4.80. The minimum Gasteiger partial charge on any atom is -0.323 e. The summed E-state index contributed by atoms with van der Waals surface area (Å²) >= 11 is 6.17. The van der Waals surface area contributed by atoms with Gasteiger partial charge < -0.3 is 5.43 Å². The van der Waals surface area contributed by atoms with E-state index in [0.29, 0.717) is 0 Å². The van der Waals surface area contributed by atoms with Crippen molar-refractivity contribution in [3.05, 3.63) is 34.0 Å². The summed E-state index contributed by atoms with van der Waals surface area (Å²) in [5.74, 6) is 5.72. The van der Waals surface area contributed by atoms with E-state index in [4.69, 9.17) is 22.4 Å². The largest absolute Gasteiger partial charge is 0.323 e. The first kappa shape index (κ1) is 11.8.